The molecule has 0 unspecified atom stereocenters. The Morgan fingerprint density at radius 2 is 2.06 bits per heavy atom. The number of rotatable bonds is 2. The van der Waals surface area contributed by atoms with Gasteiger partial charge in [-0.05, 0) is 32.9 Å². The highest BCUT2D eigenvalue weighted by atomic mass is 79.9. The van der Waals surface area contributed by atoms with Crippen LogP contribution < -0.4 is 10.1 Å². The van der Waals surface area contributed by atoms with Gasteiger partial charge in [-0.3, -0.25) is 10.1 Å². The van der Waals surface area contributed by atoms with Gasteiger partial charge in [-0.25, -0.2) is 4.79 Å². The standard InChI is InChI=1S/C11H13BrN2O4/c1-11(2,3)13-10(15)18-9-5-4-7(12)6-8(9)14(16)17/h4-6H,1-3H3,(H,13,15). The van der Waals surface area contributed by atoms with Crippen LogP contribution in [0.4, 0.5) is 10.5 Å². The summed E-state index contributed by atoms with van der Waals surface area (Å²) in [4.78, 5) is 21.7. The Labute approximate surface area is 113 Å². The van der Waals surface area contributed by atoms with E-state index in [2.05, 4.69) is 21.2 Å². The van der Waals surface area contributed by atoms with E-state index in [1.54, 1.807) is 26.8 Å². The Hall–Kier alpha value is -1.63. The number of carbonyl (C=O) groups is 1. The quantitative estimate of drug-likeness (QED) is 0.670. The maximum Gasteiger partial charge on any atom is 0.413 e. The van der Waals surface area contributed by atoms with Crippen molar-refractivity contribution in [3.8, 4) is 5.75 Å². The molecule has 0 aromatic heterocycles. The molecule has 0 bridgehead atoms. The molecule has 0 spiro atoms. The lowest BCUT2D eigenvalue weighted by Gasteiger charge is -2.19. The number of ether oxygens (including phenoxy) is 1. The molecule has 0 fully saturated rings. The van der Waals surface area contributed by atoms with Crippen molar-refractivity contribution in [2.75, 3.05) is 0 Å². The normalized spacial score (nSPS) is 10.9. The molecule has 1 rings (SSSR count). The lowest BCUT2D eigenvalue weighted by molar-refractivity contribution is -0.385. The molecule has 0 aliphatic carbocycles. The Bertz CT molecular complexity index is 482. The molecule has 0 saturated carbocycles. The molecule has 98 valence electrons. The second-order valence-corrected chi connectivity index (χ2v) is 5.55. The lowest BCUT2D eigenvalue weighted by atomic mass is 10.1. The number of nitrogens with zero attached hydrogens (tertiary/aromatic N) is 1. The zero-order valence-electron chi connectivity index (χ0n) is 10.2. The number of hydrogen-bond donors (Lipinski definition) is 1. The van der Waals surface area contributed by atoms with Gasteiger partial charge in [-0.2, -0.15) is 0 Å². The summed E-state index contributed by atoms with van der Waals surface area (Å²) in [5.74, 6) is -0.0926. The first-order chi connectivity index (χ1) is 8.19. The van der Waals surface area contributed by atoms with E-state index >= 15 is 0 Å². The molecule has 0 aliphatic heterocycles. The summed E-state index contributed by atoms with van der Waals surface area (Å²) in [6.07, 6.45) is -0.729. The molecule has 0 radical (unpaired) electrons. The van der Waals surface area contributed by atoms with Gasteiger partial charge in [-0.1, -0.05) is 15.9 Å². The first-order valence-corrected chi connectivity index (χ1v) is 5.92. The number of halogens is 1. The van der Waals surface area contributed by atoms with Gasteiger partial charge in [0.1, 0.15) is 0 Å². The predicted octanol–water partition coefficient (Wildman–Crippen LogP) is 3.24. The molecule has 1 aromatic carbocycles. The van der Waals surface area contributed by atoms with Gasteiger partial charge < -0.3 is 10.1 Å². The molecule has 1 aromatic rings. The maximum absolute atomic E-state index is 11.5. The average molecular weight is 317 g/mol. The van der Waals surface area contributed by atoms with Crippen LogP contribution in [0.3, 0.4) is 0 Å². The van der Waals surface area contributed by atoms with Crippen molar-refractivity contribution in [3.63, 3.8) is 0 Å². The molecular weight excluding hydrogens is 304 g/mol. The molecule has 7 heteroatoms. The van der Waals surface area contributed by atoms with Gasteiger partial charge >= 0.3 is 11.8 Å². The molecule has 0 heterocycles. The number of carbonyl (C=O) groups excluding carboxylic acids is 1. The third-order valence-electron chi connectivity index (χ3n) is 1.80. The van der Waals surface area contributed by atoms with Crippen LogP contribution >= 0.6 is 15.9 Å². The van der Waals surface area contributed by atoms with E-state index in [1.807, 2.05) is 0 Å². The molecular formula is C11H13BrN2O4. The summed E-state index contributed by atoms with van der Waals surface area (Å²) in [6, 6.07) is 4.21. The van der Waals surface area contributed by atoms with Crippen molar-refractivity contribution >= 4 is 27.7 Å². The van der Waals surface area contributed by atoms with Gasteiger partial charge in [0.15, 0.2) is 0 Å². The van der Waals surface area contributed by atoms with E-state index in [-0.39, 0.29) is 11.4 Å². The molecule has 1 amide bonds. The van der Waals surface area contributed by atoms with Crippen LogP contribution in [0.2, 0.25) is 0 Å². The molecule has 6 nitrogen and oxygen atoms in total. The Balaban J connectivity index is 2.91. The summed E-state index contributed by atoms with van der Waals surface area (Å²) < 4.78 is 5.46. The number of nitro benzene ring substituents is 1. The van der Waals surface area contributed by atoms with Crippen molar-refractivity contribution in [3.05, 3.63) is 32.8 Å². The van der Waals surface area contributed by atoms with Crippen LogP contribution in [0.5, 0.6) is 5.75 Å². The second kappa shape index (κ2) is 5.34. The largest absolute Gasteiger partial charge is 0.413 e. The first kappa shape index (κ1) is 14.4. The van der Waals surface area contributed by atoms with Crippen molar-refractivity contribution in [1.82, 2.24) is 5.32 Å². The van der Waals surface area contributed by atoms with E-state index < -0.39 is 16.6 Å². The number of hydrogen-bond acceptors (Lipinski definition) is 4. The van der Waals surface area contributed by atoms with Crippen molar-refractivity contribution in [2.24, 2.45) is 0 Å². The summed E-state index contributed by atoms with van der Waals surface area (Å²) in [7, 11) is 0. The third-order valence-corrected chi connectivity index (χ3v) is 2.29. The van der Waals surface area contributed by atoms with Crippen LogP contribution in [0.25, 0.3) is 0 Å². The monoisotopic (exact) mass is 316 g/mol. The number of benzene rings is 1. The van der Waals surface area contributed by atoms with Crippen molar-refractivity contribution in [1.29, 1.82) is 0 Å². The fourth-order valence-electron chi connectivity index (χ4n) is 1.15. The van der Waals surface area contributed by atoms with Gasteiger partial charge in [0.05, 0.1) is 4.92 Å². The third kappa shape index (κ3) is 4.33. The zero-order chi connectivity index (χ0) is 13.9. The average Bonchev–Trinajstić information content (AvgIpc) is 2.17. The predicted molar refractivity (Wildman–Crippen MR) is 69.7 cm³/mol. The topological polar surface area (TPSA) is 81.5 Å². The Kier molecular flexibility index (Phi) is 4.28. The smallest absolute Gasteiger partial charge is 0.403 e. The van der Waals surface area contributed by atoms with E-state index in [4.69, 9.17) is 4.74 Å². The van der Waals surface area contributed by atoms with Crippen LogP contribution in [0.1, 0.15) is 20.8 Å². The van der Waals surface area contributed by atoms with Crippen LogP contribution in [-0.4, -0.2) is 16.6 Å². The summed E-state index contributed by atoms with van der Waals surface area (Å²) in [5, 5.41) is 13.4. The van der Waals surface area contributed by atoms with Crippen LogP contribution in [0, 0.1) is 10.1 Å². The van der Waals surface area contributed by atoms with E-state index in [9.17, 15) is 14.9 Å². The van der Waals surface area contributed by atoms with Crippen molar-refractivity contribution in [2.45, 2.75) is 26.3 Å². The van der Waals surface area contributed by atoms with Gasteiger partial charge in [0.25, 0.3) is 0 Å². The number of amides is 1. The van der Waals surface area contributed by atoms with E-state index in [0.29, 0.717) is 4.47 Å². The Morgan fingerprint density at radius 3 is 2.56 bits per heavy atom. The van der Waals surface area contributed by atoms with Gasteiger partial charge in [0, 0.05) is 16.1 Å². The molecule has 18 heavy (non-hydrogen) atoms. The minimum atomic E-state index is -0.729. The number of nitrogens with one attached hydrogen (secondary N) is 1. The maximum atomic E-state index is 11.5. The highest BCUT2D eigenvalue weighted by Crippen LogP contribution is 2.30. The summed E-state index contributed by atoms with van der Waals surface area (Å²) in [6.45, 7) is 5.35. The highest BCUT2D eigenvalue weighted by molar-refractivity contribution is 9.10. The van der Waals surface area contributed by atoms with E-state index in [0.717, 1.165) is 0 Å². The van der Waals surface area contributed by atoms with Crippen LogP contribution in [-0.2, 0) is 0 Å². The number of nitro groups is 1. The lowest BCUT2D eigenvalue weighted by Crippen LogP contribution is -2.42. The van der Waals surface area contributed by atoms with E-state index in [1.165, 1.54) is 12.1 Å². The molecule has 0 saturated heterocycles. The fourth-order valence-corrected chi connectivity index (χ4v) is 1.50. The SMILES string of the molecule is CC(C)(C)NC(=O)Oc1ccc(Br)cc1[N+](=O)[O-]. The zero-order valence-corrected chi connectivity index (χ0v) is 11.8. The van der Waals surface area contributed by atoms with Crippen molar-refractivity contribution < 1.29 is 14.5 Å². The minimum Gasteiger partial charge on any atom is -0.403 e. The van der Waals surface area contributed by atoms with Gasteiger partial charge in [-0.15, -0.1) is 0 Å². The molecule has 1 N–H and O–H groups in total. The van der Waals surface area contributed by atoms with Crippen LogP contribution in [0.15, 0.2) is 22.7 Å². The second-order valence-electron chi connectivity index (χ2n) is 4.63. The molecule has 0 atom stereocenters. The highest BCUT2D eigenvalue weighted by Gasteiger charge is 2.21. The fraction of sp³-hybridized carbons (Fsp3) is 0.364. The Morgan fingerprint density at radius 1 is 1.44 bits per heavy atom. The minimum absolute atomic E-state index is 0.0926. The molecule has 0 aliphatic rings. The van der Waals surface area contributed by atoms with Gasteiger partial charge in [0.2, 0.25) is 5.75 Å². The first-order valence-electron chi connectivity index (χ1n) is 5.13. The summed E-state index contributed by atoms with van der Waals surface area (Å²) in [5.41, 5.74) is -0.741. The summed E-state index contributed by atoms with van der Waals surface area (Å²) >= 11 is 3.12.